The lowest BCUT2D eigenvalue weighted by Gasteiger charge is -2.35. The Balaban J connectivity index is 2.05. The van der Waals surface area contributed by atoms with Gasteiger partial charge in [0.1, 0.15) is 6.04 Å². The molecule has 1 aromatic heterocycles. The summed E-state index contributed by atoms with van der Waals surface area (Å²) in [5, 5.41) is 12.3. The molecule has 23 heavy (non-hydrogen) atoms. The molecule has 2 N–H and O–H groups in total. The van der Waals surface area contributed by atoms with Crippen molar-refractivity contribution in [3.8, 4) is 0 Å². The Morgan fingerprint density at radius 1 is 1.43 bits per heavy atom. The molecule has 0 aliphatic carbocycles. The van der Waals surface area contributed by atoms with Gasteiger partial charge in [0.15, 0.2) is 5.76 Å². The molecule has 2 atom stereocenters. The first-order valence-electron chi connectivity index (χ1n) is 8.28. The topological polar surface area (TPSA) is 82.8 Å². The van der Waals surface area contributed by atoms with Crippen molar-refractivity contribution in [2.45, 2.75) is 51.6 Å². The van der Waals surface area contributed by atoms with Crippen molar-refractivity contribution in [1.82, 2.24) is 10.2 Å². The van der Waals surface area contributed by atoms with E-state index in [0.717, 1.165) is 12.8 Å². The fraction of sp³-hybridized carbons (Fsp3) is 0.647. The van der Waals surface area contributed by atoms with E-state index < -0.39 is 6.04 Å². The number of rotatable bonds is 6. The van der Waals surface area contributed by atoms with Crippen LogP contribution >= 0.6 is 0 Å². The van der Waals surface area contributed by atoms with E-state index in [1.54, 1.807) is 17.0 Å². The maximum Gasteiger partial charge on any atom is 0.290 e. The van der Waals surface area contributed by atoms with Crippen molar-refractivity contribution in [2.75, 3.05) is 13.2 Å². The predicted molar refractivity (Wildman–Crippen MR) is 85.9 cm³/mol. The van der Waals surface area contributed by atoms with Gasteiger partial charge in [-0.1, -0.05) is 13.8 Å². The summed E-state index contributed by atoms with van der Waals surface area (Å²) in [6.07, 6.45) is 4.59. The fourth-order valence-corrected chi connectivity index (χ4v) is 3.03. The van der Waals surface area contributed by atoms with Crippen molar-refractivity contribution in [3.05, 3.63) is 24.2 Å². The van der Waals surface area contributed by atoms with Gasteiger partial charge in [-0.3, -0.25) is 9.59 Å². The van der Waals surface area contributed by atoms with Crippen LogP contribution in [0.15, 0.2) is 22.8 Å². The van der Waals surface area contributed by atoms with E-state index in [9.17, 15) is 14.7 Å². The normalized spacial score (nSPS) is 19.7. The Labute approximate surface area is 136 Å². The molecular weight excluding hydrogens is 296 g/mol. The van der Waals surface area contributed by atoms with E-state index in [1.165, 1.54) is 6.26 Å². The molecule has 1 fully saturated rings. The van der Waals surface area contributed by atoms with Crippen molar-refractivity contribution in [1.29, 1.82) is 0 Å². The number of hydrogen-bond donors (Lipinski definition) is 2. The van der Waals surface area contributed by atoms with Gasteiger partial charge in [-0.15, -0.1) is 0 Å². The molecule has 0 aromatic carbocycles. The van der Waals surface area contributed by atoms with E-state index in [0.29, 0.717) is 25.3 Å². The number of carbonyl (C=O) groups excluding carboxylic acids is 2. The van der Waals surface area contributed by atoms with Gasteiger partial charge in [0.2, 0.25) is 5.91 Å². The van der Waals surface area contributed by atoms with E-state index in [-0.39, 0.29) is 30.2 Å². The van der Waals surface area contributed by atoms with Crippen molar-refractivity contribution in [2.24, 2.45) is 5.92 Å². The average molecular weight is 322 g/mol. The summed E-state index contributed by atoms with van der Waals surface area (Å²) >= 11 is 0. The summed E-state index contributed by atoms with van der Waals surface area (Å²) in [5.41, 5.74) is 0. The second-order valence-electron chi connectivity index (χ2n) is 6.51. The Kier molecular flexibility index (Phi) is 6.21. The Hall–Kier alpha value is -1.82. The third-order valence-electron chi connectivity index (χ3n) is 4.12. The standard InChI is InChI=1S/C17H26N2O4/c1-12(2)10-13(11-20)18-16(21)14-6-3-4-8-19(14)17(22)15-7-5-9-23-15/h5,7,9,12-14,20H,3-4,6,8,10-11H2,1-2H3,(H,18,21). The van der Waals surface area contributed by atoms with Gasteiger partial charge in [0.25, 0.3) is 5.91 Å². The molecule has 6 nitrogen and oxygen atoms in total. The van der Waals surface area contributed by atoms with Crippen molar-refractivity contribution >= 4 is 11.8 Å². The molecule has 1 aliphatic heterocycles. The maximum atomic E-state index is 12.6. The number of amides is 2. The molecule has 0 spiro atoms. The highest BCUT2D eigenvalue weighted by molar-refractivity contribution is 5.95. The zero-order valence-electron chi connectivity index (χ0n) is 13.8. The van der Waals surface area contributed by atoms with Crippen LogP contribution in [-0.4, -0.2) is 47.1 Å². The zero-order valence-corrected chi connectivity index (χ0v) is 13.8. The van der Waals surface area contributed by atoms with Gasteiger partial charge in [-0.05, 0) is 43.7 Å². The van der Waals surface area contributed by atoms with Gasteiger partial charge < -0.3 is 19.7 Å². The SMILES string of the molecule is CC(C)CC(CO)NC(=O)C1CCCCN1C(=O)c1ccco1. The minimum absolute atomic E-state index is 0.0945. The average Bonchev–Trinajstić information content (AvgIpc) is 3.07. The lowest BCUT2D eigenvalue weighted by molar-refractivity contribution is -0.127. The number of nitrogens with one attached hydrogen (secondary N) is 1. The third kappa shape index (κ3) is 4.58. The summed E-state index contributed by atoms with van der Waals surface area (Å²) in [6.45, 7) is 4.54. The van der Waals surface area contributed by atoms with Crippen LogP contribution in [0.25, 0.3) is 0 Å². The molecule has 1 aliphatic rings. The first kappa shape index (κ1) is 17.5. The number of piperidine rings is 1. The van der Waals surface area contributed by atoms with Crippen molar-refractivity contribution < 1.29 is 19.1 Å². The van der Waals surface area contributed by atoms with E-state index in [1.807, 2.05) is 13.8 Å². The van der Waals surface area contributed by atoms with E-state index in [4.69, 9.17) is 4.42 Å². The quantitative estimate of drug-likeness (QED) is 0.836. The lowest BCUT2D eigenvalue weighted by Crippen LogP contribution is -2.54. The Morgan fingerprint density at radius 2 is 2.22 bits per heavy atom. The molecule has 0 bridgehead atoms. The maximum absolute atomic E-state index is 12.6. The third-order valence-corrected chi connectivity index (χ3v) is 4.12. The highest BCUT2D eigenvalue weighted by Crippen LogP contribution is 2.20. The summed E-state index contributed by atoms with van der Waals surface area (Å²) < 4.78 is 5.17. The molecule has 128 valence electrons. The van der Waals surface area contributed by atoms with E-state index >= 15 is 0 Å². The zero-order chi connectivity index (χ0) is 16.8. The van der Waals surface area contributed by atoms with Crippen LogP contribution in [0.2, 0.25) is 0 Å². The highest BCUT2D eigenvalue weighted by atomic mass is 16.3. The van der Waals surface area contributed by atoms with Crippen LogP contribution in [0.4, 0.5) is 0 Å². The number of hydrogen-bond acceptors (Lipinski definition) is 4. The second kappa shape index (κ2) is 8.15. The number of furan rings is 1. The number of nitrogens with zero attached hydrogens (tertiary/aromatic N) is 1. The molecule has 0 saturated carbocycles. The van der Waals surface area contributed by atoms with Crippen LogP contribution < -0.4 is 5.32 Å². The van der Waals surface area contributed by atoms with E-state index in [2.05, 4.69) is 5.32 Å². The summed E-state index contributed by atoms with van der Waals surface area (Å²) in [6, 6.07) is 2.50. The Bertz CT molecular complexity index is 513. The molecule has 2 unspecified atom stereocenters. The van der Waals surface area contributed by atoms with Crippen LogP contribution in [-0.2, 0) is 4.79 Å². The first-order valence-corrected chi connectivity index (χ1v) is 8.28. The van der Waals surface area contributed by atoms with Crippen LogP contribution in [0.3, 0.4) is 0 Å². The van der Waals surface area contributed by atoms with Gasteiger partial charge in [-0.25, -0.2) is 0 Å². The minimum atomic E-state index is -0.498. The number of likely N-dealkylation sites (tertiary alicyclic amines) is 1. The Morgan fingerprint density at radius 3 is 2.83 bits per heavy atom. The minimum Gasteiger partial charge on any atom is -0.459 e. The van der Waals surface area contributed by atoms with Crippen LogP contribution in [0.1, 0.15) is 50.1 Å². The first-order chi connectivity index (χ1) is 11.0. The fourth-order valence-electron chi connectivity index (χ4n) is 3.03. The van der Waals surface area contributed by atoms with Gasteiger partial charge in [0.05, 0.1) is 18.9 Å². The van der Waals surface area contributed by atoms with Crippen LogP contribution in [0, 0.1) is 5.92 Å². The number of carbonyl (C=O) groups is 2. The molecule has 1 aromatic rings. The molecule has 0 radical (unpaired) electrons. The van der Waals surface area contributed by atoms with Gasteiger partial charge in [-0.2, -0.15) is 0 Å². The lowest BCUT2D eigenvalue weighted by atomic mass is 9.99. The smallest absolute Gasteiger partial charge is 0.290 e. The number of aliphatic hydroxyl groups is 1. The largest absolute Gasteiger partial charge is 0.459 e. The summed E-state index contributed by atoms with van der Waals surface area (Å²) in [5.74, 6) is 0.189. The molecule has 2 rings (SSSR count). The molecule has 2 amide bonds. The van der Waals surface area contributed by atoms with Gasteiger partial charge >= 0.3 is 0 Å². The summed E-state index contributed by atoms with van der Waals surface area (Å²) in [4.78, 5) is 26.7. The van der Waals surface area contributed by atoms with Crippen LogP contribution in [0.5, 0.6) is 0 Å². The predicted octanol–water partition coefficient (Wildman–Crippen LogP) is 1.80. The molecular formula is C17H26N2O4. The highest BCUT2D eigenvalue weighted by Gasteiger charge is 2.34. The summed E-state index contributed by atoms with van der Waals surface area (Å²) in [7, 11) is 0. The number of aliphatic hydroxyl groups excluding tert-OH is 1. The second-order valence-corrected chi connectivity index (χ2v) is 6.51. The van der Waals surface area contributed by atoms with Crippen molar-refractivity contribution in [3.63, 3.8) is 0 Å². The molecule has 6 heteroatoms. The molecule has 1 saturated heterocycles. The molecule has 2 heterocycles. The van der Waals surface area contributed by atoms with Gasteiger partial charge in [0, 0.05) is 6.54 Å². The monoisotopic (exact) mass is 322 g/mol.